The molecule has 0 radical (unpaired) electrons. The molecule has 1 aromatic carbocycles. The second-order valence-electron chi connectivity index (χ2n) is 3.95. The monoisotopic (exact) mass is 222 g/mol. The van der Waals surface area contributed by atoms with Gasteiger partial charge in [0.05, 0.1) is 7.11 Å². The second-order valence-corrected chi connectivity index (χ2v) is 3.95. The van der Waals surface area contributed by atoms with Crippen LogP contribution in [0.4, 0.5) is 0 Å². The molecule has 0 saturated carbocycles. The summed E-state index contributed by atoms with van der Waals surface area (Å²) in [5, 5.41) is 6.55. The Morgan fingerprint density at radius 1 is 1.25 bits per heavy atom. The van der Waals surface area contributed by atoms with Crippen molar-refractivity contribution in [2.24, 2.45) is 0 Å². The highest BCUT2D eigenvalue weighted by atomic mass is 16.5. The highest BCUT2D eigenvalue weighted by Crippen LogP contribution is 2.19. The predicted octanol–water partition coefficient (Wildman–Crippen LogP) is 1.70. The molecular formula is C13H22N2O. The highest BCUT2D eigenvalue weighted by Gasteiger charge is 2.01. The lowest BCUT2D eigenvalue weighted by atomic mass is 10.1. The standard InChI is InChI=1S/C13H22N2O/c1-11-5-6-13(16-3)12(9-11)10-15-8-4-7-14-2/h5-6,9,14-15H,4,7-8,10H2,1-3H3. The predicted molar refractivity (Wildman–Crippen MR) is 68.0 cm³/mol. The normalized spacial score (nSPS) is 10.4. The third-order valence-electron chi connectivity index (χ3n) is 2.53. The first kappa shape index (κ1) is 13.0. The van der Waals surface area contributed by atoms with Gasteiger partial charge in [0, 0.05) is 12.1 Å². The fraction of sp³-hybridized carbons (Fsp3) is 0.538. The zero-order valence-corrected chi connectivity index (χ0v) is 10.5. The van der Waals surface area contributed by atoms with E-state index >= 15 is 0 Å². The van der Waals surface area contributed by atoms with Crippen LogP contribution in [0.3, 0.4) is 0 Å². The number of hydrogen-bond donors (Lipinski definition) is 2. The number of nitrogens with one attached hydrogen (secondary N) is 2. The van der Waals surface area contributed by atoms with E-state index in [0.717, 1.165) is 31.8 Å². The van der Waals surface area contributed by atoms with Crippen molar-refractivity contribution in [1.29, 1.82) is 0 Å². The summed E-state index contributed by atoms with van der Waals surface area (Å²) in [6.45, 7) is 5.05. The van der Waals surface area contributed by atoms with Gasteiger partial charge in [0.1, 0.15) is 5.75 Å². The molecule has 1 rings (SSSR count). The van der Waals surface area contributed by atoms with Gasteiger partial charge in [-0.05, 0) is 39.5 Å². The van der Waals surface area contributed by atoms with E-state index in [4.69, 9.17) is 4.74 Å². The van der Waals surface area contributed by atoms with Crippen molar-refractivity contribution < 1.29 is 4.74 Å². The second kappa shape index (κ2) is 7.25. The Balaban J connectivity index is 2.42. The van der Waals surface area contributed by atoms with E-state index in [9.17, 15) is 0 Å². The van der Waals surface area contributed by atoms with Crippen LogP contribution < -0.4 is 15.4 Å². The van der Waals surface area contributed by atoms with E-state index in [1.807, 2.05) is 13.1 Å². The molecular weight excluding hydrogens is 200 g/mol. The summed E-state index contributed by atoms with van der Waals surface area (Å²) in [5.41, 5.74) is 2.50. The van der Waals surface area contributed by atoms with Gasteiger partial charge in [0.15, 0.2) is 0 Å². The Hall–Kier alpha value is -1.06. The zero-order chi connectivity index (χ0) is 11.8. The van der Waals surface area contributed by atoms with Gasteiger partial charge >= 0.3 is 0 Å². The van der Waals surface area contributed by atoms with Crippen LogP contribution in [0.25, 0.3) is 0 Å². The van der Waals surface area contributed by atoms with Crippen LogP contribution in [-0.4, -0.2) is 27.2 Å². The van der Waals surface area contributed by atoms with Crippen molar-refractivity contribution in [3.05, 3.63) is 29.3 Å². The summed E-state index contributed by atoms with van der Waals surface area (Å²) in [6, 6.07) is 6.27. The van der Waals surface area contributed by atoms with Crippen LogP contribution >= 0.6 is 0 Å². The molecule has 0 aliphatic rings. The van der Waals surface area contributed by atoms with Crippen LogP contribution in [0.2, 0.25) is 0 Å². The van der Waals surface area contributed by atoms with Gasteiger partial charge in [-0.15, -0.1) is 0 Å². The van der Waals surface area contributed by atoms with E-state index in [1.54, 1.807) is 7.11 Å². The molecule has 0 atom stereocenters. The summed E-state index contributed by atoms with van der Waals surface area (Å²) in [4.78, 5) is 0. The van der Waals surface area contributed by atoms with Crippen molar-refractivity contribution >= 4 is 0 Å². The molecule has 3 heteroatoms. The average molecular weight is 222 g/mol. The number of benzene rings is 1. The van der Waals surface area contributed by atoms with Gasteiger partial charge in [-0.1, -0.05) is 17.7 Å². The fourth-order valence-corrected chi connectivity index (χ4v) is 1.66. The molecule has 3 nitrogen and oxygen atoms in total. The molecule has 0 aliphatic carbocycles. The number of aryl methyl sites for hydroxylation is 1. The summed E-state index contributed by atoms with van der Waals surface area (Å²) >= 11 is 0. The van der Waals surface area contributed by atoms with Crippen LogP contribution in [0.5, 0.6) is 5.75 Å². The quantitative estimate of drug-likeness (QED) is 0.689. The van der Waals surface area contributed by atoms with Crippen molar-refractivity contribution in [2.75, 3.05) is 27.2 Å². The molecule has 0 bridgehead atoms. The minimum Gasteiger partial charge on any atom is -0.496 e. The van der Waals surface area contributed by atoms with E-state index in [-0.39, 0.29) is 0 Å². The molecule has 90 valence electrons. The largest absolute Gasteiger partial charge is 0.496 e. The number of ether oxygens (including phenoxy) is 1. The van der Waals surface area contributed by atoms with E-state index in [0.29, 0.717) is 0 Å². The molecule has 0 spiro atoms. The lowest BCUT2D eigenvalue weighted by molar-refractivity contribution is 0.407. The van der Waals surface area contributed by atoms with E-state index in [1.165, 1.54) is 11.1 Å². The summed E-state index contributed by atoms with van der Waals surface area (Å²) < 4.78 is 5.33. The fourth-order valence-electron chi connectivity index (χ4n) is 1.66. The lowest BCUT2D eigenvalue weighted by Crippen LogP contribution is -2.19. The molecule has 0 heterocycles. The van der Waals surface area contributed by atoms with Crippen molar-refractivity contribution in [1.82, 2.24) is 10.6 Å². The van der Waals surface area contributed by atoms with Gasteiger partial charge in [-0.2, -0.15) is 0 Å². The molecule has 0 saturated heterocycles. The molecule has 0 amide bonds. The van der Waals surface area contributed by atoms with Crippen LogP contribution in [-0.2, 0) is 6.54 Å². The topological polar surface area (TPSA) is 33.3 Å². The smallest absolute Gasteiger partial charge is 0.123 e. The van der Waals surface area contributed by atoms with Crippen LogP contribution in [0, 0.1) is 6.92 Å². The minimum atomic E-state index is 0.870. The highest BCUT2D eigenvalue weighted by molar-refractivity contribution is 5.36. The first-order valence-corrected chi connectivity index (χ1v) is 5.76. The molecule has 16 heavy (non-hydrogen) atoms. The van der Waals surface area contributed by atoms with E-state index < -0.39 is 0 Å². The lowest BCUT2D eigenvalue weighted by Gasteiger charge is -2.10. The maximum Gasteiger partial charge on any atom is 0.123 e. The Bertz CT molecular complexity index is 313. The maximum absolute atomic E-state index is 5.33. The third-order valence-corrected chi connectivity index (χ3v) is 2.53. The van der Waals surface area contributed by atoms with Crippen LogP contribution in [0.15, 0.2) is 18.2 Å². The minimum absolute atomic E-state index is 0.870. The van der Waals surface area contributed by atoms with Gasteiger partial charge in [-0.3, -0.25) is 0 Å². The molecule has 1 aromatic rings. The summed E-state index contributed by atoms with van der Waals surface area (Å²) in [5.74, 6) is 0.965. The van der Waals surface area contributed by atoms with Crippen molar-refractivity contribution in [3.63, 3.8) is 0 Å². The van der Waals surface area contributed by atoms with Gasteiger partial charge < -0.3 is 15.4 Å². The zero-order valence-electron chi connectivity index (χ0n) is 10.5. The van der Waals surface area contributed by atoms with Crippen molar-refractivity contribution in [2.45, 2.75) is 19.9 Å². The Labute approximate surface area is 98.2 Å². The Morgan fingerprint density at radius 2 is 2.06 bits per heavy atom. The SMILES string of the molecule is CNCCCNCc1cc(C)ccc1OC. The average Bonchev–Trinajstić information content (AvgIpc) is 2.29. The van der Waals surface area contributed by atoms with E-state index in [2.05, 4.69) is 29.7 Å². The van der Waals surface area contributed by atoms with Crippen molar-refractivity contribution in [3.8, 4) is 5.75 Å². The number of methoxy groups -OCH3 is 1. The molecule has 0 aromatic heterocycles. The Kier molecular flexibility index (Phi) is 5.90. The number of rotatable bonds is 7. The van der Waals surface area contributed by atoms with Crippen LogP contribution in [0.1, 0.15) is 17.5 Å². The molecule has 0 fully saturated rings. The van der Waals surface area contributed by atoms with Gasteiger partial charge in [0.2, 0.25) is 0 Å². The molecule has 0 aliphatic heterocycles. The summed E-state index contributed by atoms with van der Waals surface area (Å²) in [6.07, 6.45) is 1.14. The third kappa shape index (κ3) is 4.21. The number of hydrogen-bond acceptors (Lipinski definition) is 3. The van der Waals surface area contributed by atoms with Gasteiger partial charge in [0.25, 0.3) is 0 Å². The molecule has 2 N–H and O–H groups in total. The first-order chi connectivity index (χ1) is 7.77. The first-order valence-electron chi connectivity index (χ1n) is 5.76. The summed E-state index contributed by atoms with van der Waals surface area (Å²) in [7, 11) is 3.69. The van der Waals surface area contributed by atoms with Gasteiger partial charge in [-0.25, -0.2) is 0 Å². The Morgan fingerprint density at radius 3 is 2.75 bits per heavy atom. The maximum atomic E-state index is 5.33. The molecule has 0 unspecified atom stereocenters.